The standard InChI is InChI=1S/C16H13F3N2/c17-16(18,19)12-6-2-1-5-11(12)15(13-7-3-9-20-13)14-8-4-10-21-14/h1-10,15,20-21H. The third-order valence-electron chi connectivity index (χ3n) is 3.44. The van der Waals surface area contributed by atoms with Crippen LogP contribution in [-0.2, 0) is 6.18 Å². The van der Waals surface area contributed by atoms with E-state index in [2.05, 4.69) is 9.97 Å². The number of aromatic amines is 2. The first-order chi connectivity index (χ1) is 10.1. The minimum absolute atomic E-state index is 0.231. The number of nitrogens with one attached hydrogen (secondary N) is 2. The molecular formula is C16H13F3N2. The van der Waals surface area contributed by atoms with Gasteiger partial charge in [-0.15, -0.1) is 0 Å². The zero-order chi connectivity index (χ0) is 14.9. The molecule has 108 valence electrons. The van der Waals surface area contributed by atoms with Crippen LogP contribution in [0.2, 0.25) is 0 Å². The van der Waals surface area contributed by atoms with Gasteiger partial charge < -0.3 is 9.97 Å². The Morgan fingerprint density at radius 1 is 0.762 bits per heavy atom. The zero-order valence-corrected chi connectivity index (χ0v) is 11.0. The van der Waals surface area contributed by atoms with Crippen LogP contribution < -0.4 is 0 Å². The molecule has 2 aromatic heterocycles. The summed E-state index contributed by atoms with van der Waals surface area (Å²) < 4.78 is 39.8. The molecule has 0 unspecified atom stereocenters. The fourth-order valence-electron chi connectivity index (χ4n) is 2.56. The van der Waals surface area contributed by atoms with Crippen LogP contribution in [0.15, 0.2) is 60.9 Å². The van der Waals surface area contributed by atoms with E-state index in [9.17, 15) is 13.2 Å². The van der Waals surface area contributed by atoms with Crippen LogP contribution in [0.5, 0.6) is 0 Å². The van der Waals surface area contributed by atoms with Gasteiger partial charge in [-0.2, -0.15) is 13.2 Å². The van der Waals surface area contributed by atoms with Crippen molar-refractivity contribution in [2.75, 3.05) is 0 Å². The van der Waals surface area contributed by atoms with E-state index in [-0.39, 0.29) is 5.56 Å². The Kier molecular flexibility index (Phi) is 3.33. The number of H-pyrrole nitrogens is 2. The fraction of sp³-hybridized carbons (Fsp3) is 0.125. The van der Waals surface area contributed by atoms with Gasteiger partial charge in [0.05, 0.1) is 11.5 Å². The first-order valence-electron chi connectivity index (χ1n) is 6.50. The van der Waals surface area contributed by atoms with E-state index in [1.807, 2.05) is 0 Å². The molecular weight excluding hydrogens is 277 g/mol. The zero-order valence-electron chi connectivity index (χ0n) is 11.0. The van der Waals surface area contributed by atoms with Crippen molar-refractivity contribution >= 4 is 0 Å². The van der Waals surface area contributed by atoms with Crippen molar-refractivity contribution in [3.8, 4) is 0 Å². The Morgan fingerprint density at radius 2 is 1.33 bits per heavy atom. The molecule has 0 atom stereocenters. The monoisotopic (exact) mass is 290 g/mol. The summed E-state index contributed by atoms with van der Waals surface area (Å²) in [5, 5.41) is 0. The molecule has 0 aliphatic carbocycles. The van der Waals surface area contributed by atoms with E-state index in [0.29, 0.717) is 11.4 Å². The Bertz CT molecular complexity index is 663. The van der Waals surface area contributed by atoms with Crippen LogP contribution in [0.3, 0.4) is 0 Å². The highest BCUT2D eigenvalue weighted by Gasteiger charge is 2.36. The maximum atomic E-state index is 13.3. The van der Waals surface area contributed by atoms with E-state index >= 15 is 0 Å². The highest BCUT2D eigenvalue weighted by molar-refractivity contribution is 5.43. The lowest BCUT2D eigenvalue weighted by Crippen LogP contribution is -2.14. The van der Waals surface area contributed by atoms with Crippen LogP contribution in [-0.4, -0.2) is 9.97 Å². The average Bonchev–Trinajstić information content (AvgIpc) is 3.12. The predicted molar refractivity (Wildman–Crippen MR) is 74.0 cm³/mol. The molecule has 5 heteroatoms. The maximum Gasteiger partial charge on any atom is 0.416 e. The van der Waals surface area contributed by atoms with Gasteiger partial charge in [-0.1, -0.05) is 18.2 Å². The molecule has 1 aromatic carbocycles. The number of halogens is 3. The van der Waals surface area contributed by atoms with Crippen LogP contribution in [0.1, 0.15) is 28.4 Å². The van der Waals surface area contributed by atoms with Gasteiger partial charge in [0.15, 0.2) is 0 Å². The lowest BCUT2D eigenvalue weighted by molar-refractivity contribution is -0.138. The molecule has 3 rings (SSSR count). The summed E-state index contributed by atoms with van der Waals surface area (Å²) >= 11 is 0. The number of alkyl halides is 3. The highest BCUT2D eigenvalue weighted by Crippen LogP contribution is 2.39. The molecule has 0 amide bonds. The summed E-state index contributed by atoms with van der Waals surface area (Å²) in [6, 6.07) is 12.8. The number of benzene rings is 1. The normalized spacial score (nSPS) is 12.0. The van der Waals surface area contributed by atoms with E-state index < -0.39 is 17.7 Å². The predicted octanol–water partition coefficient (Wildman–Crippen LogP) is 4.54. The summed E-state index contributed by atoms with van der Waals surface area (Å²) in [7, 11) is 0. The van der Waals surface area contributed by atoms with Gasteiger partial charge in [0.1, 0.15) is 0 Å². The van der Waals surface area contributed by atoms with Crippen molar-refractivity contribution in [2.45, 2.75) is 12.1 Å². The van der Waals surface area contributed by atoms with Crippen LogP contribution in [0.4, 0.5) is 13.2 Å². The molecule has 0 bridgehead atoms. The van der Waals surface area contributed by atoms with Crippen molar-refractivity contribution in [2.24, 2.45) is 0 Å². The molecule has 0 saturated carbocycles. The van der Waals surface area contributed by atoms with Gasteiger partial charge in [0.25, 0.3) is 0 Å². The van der Waals surface area contributed by atoms with E-state index in [1.54, 1.807) is 42.7 Å². The maximum absolute atomic E-state index is 13.3. The Balaban J connectivity index is 2.19. The first kappa shape index (κ1) is 13.5. The van der Waals surface area contributed by atoms with Crippen molar-refractivity contribution in [1.29, 1.82) is 0 Å². The average molecular weight is 290 g/mol. The minimum atomic E-state index is -4.38. The van der Waals surface area contributed by atoms with Gasteiger partial charge >= 0.3 is 6.18 Å². The minimum Gasteiger partial charge on any atom is -0.364 e. The third-order valence-corrected chi connectivity index (χ3v) is 3.44. The quantitative estimate of drug-likeness (QED) is 0.709. The Hall–Kier alpha value is -2.43. The summed E-state index contributed by atoms with van der Waals surface area (Å²) in [4.78, 5) is 6.03. The van der Waals surface area contributed by atoms with Crippen LogP contribution in [0.25, 0.3) is 0 Å². The number of hydrogen-bond acceptors (Lipinski definition) is 0. The summed E-state index contributed by atoms with van der Waals surface area (Å²) in [6.07, 6.45) is -0.961. The van der Waals surface area contributed by atoms with Gasteiger partial charge in [0.2, 0.25) is 0 Å². The second-order valence-corrected chi connectivity index (χ2v) is 4.77. The van der Waals surface area contributed by atoms with E-state index in [4.69, 9.17) is 0 Å². The van der Waals surface area contributed by atoms with Crippen molar-refractivity contribution in [3.63, 3.8) is 0 Å². The molecule has 0 aliphatic rings. The fourth-order valence-corrected chi connectivity index (χ4v) is 2.56. The summed E-state index contributed by atoms with van der Waals surface area (Å²) in [6.45, 7) is 0. The lowest BCUT2D eigenvalue weighted by Gasteiger charge is -2.20. The van der Waals surface area contributed by atoms with Crippen LogP contribution >= 0.6 is 0 Å². The smallest absolute Gasteiger partial charge is 0.364 e. The first-order valence-corrected chi connectivity index (χ1v) is 6.50. The van der Waals surface area contributed by atoms with Gasteiger partial charge in [-0.05, 0) is 35.9 Å². The van der Waals surface area contributed by atoms with Crippen molar-refractivity contribution < 1.29 is 13.2 Å². The second kappa shape index (κ2) is 5.16. The Labute approximate surface area is 119 Å². The van der Waals surface area contributed by atoms with Gasteiger partial charge in [0, 0.05) is 23.8 Å². The highest BCUT2D eigenvalue weighted by atomic mass is 19.4. The number of hydrogen-bond donors (Lipinski definition) is 2. The lowest BCUT2D eigenvalue weighted by atomic mass is 9.89. The molecule has 2 heterocycles. The van der Waals surface area contributed by atoms with Crippen LogP contribution in [0, 0.1) is 0 Å². The molecule has 0 aliphatic heterocycles. The van der Waals surface area contributed by atoms with Gasteiger partial charge in [-0.25, -0.2) is 0 Å². The third kappa shape index (κ3) is 2.59. The van der Waals surface area contributed by atoms with E-state index in [0.717, 1.165) is 6.07 Å². The molecule has 3 aromatic rings. The molecule has 21 heavy (non-hydrogen) atoms. The molecule has 0 spiro atoms. The van der Waals surface area contributed by atoms with Crippen molar-refractivity contribution in [1.82, 2.24) is 9.97 Å². The van der Waals surface area contributed by atoms with E-state index in [1.165, 1.54) is 12.1 Å². The molecule has 0 fully saturated rings. The van der Waals surface area contributed by atoms with Gasteiger partial charge in [-0.3, -0.25) is 0 Å². The summed E-state index contributed by atoms with van der Waals surface area (Å²) in [5.74, 6) is -0.507. The SMILES string of the molecule is FC(F)(F)c1ccccc1C(c1ccc[nH]1)c1ccc[nH]1. The topological polar surface area (TPSA) is 31.6 Å². The molecule has 2 N–H and O–H groups in total. The Morgan fingerprint density at radius 3 is 1.81 bits per heavy atom. The van der Waals surface area contributed by atoms with Crippen molar-refractivity contribution in [3.05, 3.63) is 83.4 Å². The molecule has 0 saturated heterocycles. The molecule has 2 nitrogen and oxygen atoms in total. The summed E-state index contributed by atoms with van der Waals surface area (Å²) in [5.41, 5.74) is 1.05. The number of aromatic nitrogens is 2. The number of rotatable bonds is 3. The largest absolute Gasteiger partial charge is 0.416 e. The molecule has 0 radical (unpaired) electrons. The second-order valence-electron chi connectivity index (χ2n) is 4.77.